The summed E-state index contributed by atoms with van der Waals surface area (Å²) in [4.78, 5) is 2.24. The van der Waals surface area contributed by atoms with Crippen LogP contribution in [0.2, 0.25) is 0 Å². The maximum atomic E-state index is 11.5. The average Bonchev–Trinajstić information content (AvgIpc) is 2.70. The van der Waals surface area contributed by atoms with Gasteiger partial charge < -0.3 is 10.4 Å². The van der Waals surface area contributed by atoms with E-state index in [-0.39, 0.29) is 23.9 Å². The third kappa shape index (κ3) is 2.81. The van der Waals surface area contributed by atoms with Gasteiger partial charge in [-0.25, -0.2) is 8.42 Å². The highest BCUT2D eigenvalue weighted by Crippen LogP contribution is 2.26. The summed E-state index contributed by atoms with van der Waals surface area (Å²) in [6.07, 6.45) is 2.71. The lowest BCUT2D eigenvalue weighted by atomic mass is 9.89. The molecule has 0 aromatic carbocycles. The van der Waals surface area contributed by atoms with Crippen LogP contribution in [0.5, 0.6) is 0 Å². The van der Waals surface area contributed by atoms with Crippen LogP contribution in [0.15, 0.2) is 0 Å². The van der Waals surface area contributed by atoms with E-state index in [1.807, 2.05) is 7.05 Å². The van der Waals surface area contributed by atoms with Gasteiger partial charge in [0.1, 0.15) is 0 Å². The highest BCUT2D eigenvalue weighted by Gasteiger charge is 2.39. The van der Waals surface area contributed by atoms with Gasteiger partial charge in [0.15, 0.2) is 9.84 Å². The number of sulfone groups is 1. The van der Waals surface area contributed by atoms with Crippen molar-refractivity contribution in [1.29, 1.82) is 0 Å². The van der Waals surface area contributed by atoms with Gasteiger partial charge in [-0.05, 0) is 32.9 Å². The van der Waals surface area contributed by atoms with E-state index in [1.165, 1.54) is 0 Å². The van der Waals surface area contributed by atoms with Gasteiger partial charge in [0.25, 0.3) is 0 Å². The molecule has 0 aliphatic carbocycles. The normalized spacial score (nSPS) is 38.4. The standard InChI is InChI=1S/C11H22N2O3S/c1-12-11(9-14)4-2-5-13(8-11)10-3-6-17(15,16)7-10/h10,12,14H,2-9H2,1H3. The number of hydrogen-bond acceptors (Lipinski definition) is 5. The number of hydrogen-bond donors (Lipinski definition) is 2. The summed E-state index contributed by atoms with van der Waals surface area (Å²) in [5, 5.41) is 12.7. The SMILES string of the molecule is CNC1(CO)CCCN(C2CCS(=O)(=O)C2)C1. The second-order valence-electron chi connectivity index (χ2n) is 5.32. The second kappa shape index (κ2) is 4.84. The van der Waals surface area contributed by atoms with E-state index in [2.05, 4.69) is 10.2 Å². The van der Waals surface area contributed by atoms with Crippen LogP contribution in [0, 0.1) is 0 Å². The van der Waals surface area contributed by atoms with E-state index in [9.17, 15) is 13.5 Å². The number of likely N-dealkylation sites (N-methyl/N-ethyl adjacent to an activating group) is 1. The Kier molecular flexibility index (Phi) is 3.77. The summed E-state index contributed by atoms with van der Waals surface area (Å²) < 4.78 is 23.0. The molecule has 0 saturated carbocycles. The smallest absolute Gasteiger partial charge is 0.151 e. The fourth-order valence-electron chi connectivity index (χ4n) is 2.95. The topological polar surface area (TPSA) is 69.6 Å². The van der Waals surface area contributed by atoms with Gasteiger partial charge in [-0.1, -0.05) is 0 Å². The Hall–Kier alpha value is -0.170. The number of aliphatic hydroxyl groups excluding tert-OH is 1. The van der Waals surface area contributed by atoms with Gasteiger partial charge in [0.2, 0.25) is 0 Å². The van der Waals surface area contributed by atoms with E-state index >= 15 is 0 Å². The van der Waals surface area contributed by atoms with Crippen molar-refractivity contribution in [3.63, 3.8) is 0 Å². The molecular formula is C11H22N2O3S. The maximum absolute atomic E-state index is 11.5. The van der Waals surface area contributed by atoms with Crippen LogP contribution in [0.1, 0.15) is 19.3 Å². The first kappa shape index (κ1) is 13.3. The Labute approximate surface area is 103 Å². The third-order valence-electron chi connectivity index (χ3n) is 4.16. The number of piperidine rings is 1. The molecule has 0 amide bonds. The highest BCUT2D eigenvalue weighted by molar-refractivity contribution is 7.91. The first-order valence-corrected chi connectivity index (χ1v) is 8.07. The molecule has 2 rings (SSSR count). The predicted octanol–water partition coefficient (Wildman–Crippen LogP) is -0.780. The van der Waals surface area contributed by atoms with Crippen LogP contribution in [0.3, 0.4) is 0 Å². The first-order valence-electron chi connectivity index (χ1n) is 6.24. The Morgan fingerprint density at radius 2 is 2.29 bits per heavy atom. The van der Waals surface area contributed by atoms with Gasteiger partial charge in [0, 0.05) is 12.6 Å². The molecule has 0 radical (unpaired) electrons. The predicted molar refractivity (Wildman–Crippen MR) is 66.7 cm³/mol. The van der Waals surface area contributed by atoms with Crippen molar-refractivity contribution in [2.45, 2.75) is 30.8 Å². The number of nitrogens with one attached hydrogen (secondary N) is 1. The van der Waals surface area contributed by atoms with Crippen LogP contribution in [0.4, 0.5) is 0 Å². The zero-order valence-corrected chi connectivity index (χ0v) is 11.2. The molecule has 5 nitrogen and oxygen atoms in total. The van der Waals surface area contributed by atoms with Crippen molar-refractivity contribution in [1.82, 2.24) is 10.2 Å². The average molecular weight is 262 g/mol. The number of nitrogens with zero attached hydrogens (tertiary/aromatic N) is 1. The van der Waals surface area contributed by atoms with Crippen molar-refractivity contribution < 1.29 is 13.5 Å². The minimum atomic E-state index is -2.82. The fourth-order valence-corrected chi connectivity index (χ4v) is 4.72. The molecule has 2 saturated heterocycles. The van der Waals surface area contributed by atoms with E-state index in [0.29, 0.717) is 5.75 Å². The summed E-state index contributed by atoms with van der Waals surface area (Å²) >= 11 is 0. The molecule has 2 aliphatic rings. The summed E-state index contributed by atoms with van der Waals surface area (Å²) in [7, 11) is -0.954. The zero-order valence-electron chi connectivity index (χ0n) is 10.4. The molecule has 2 unspecified atom stereocenters. The number of likely N-dealkylation sites (tertiary alicyclic amines) is 1. The summed E-state index contributed by atoms with van der Waals surface area (Å²) in [6.45, 7) is 1.81. The molecule has 2 atom stereocenters. The Morgan fingerprint density at radius 1 is 1.53 bits per heavy atom. The fraction of sp³-hybridized carbons (Fsp3) is 1.00. The molecule has 2 aliphatic heterocycles. The minimum absolute atomic E-state index is 0.111. The Morgan fingerprint density at radius 3 is 2.82 bits per heavy atom. The van der Waals surface area contributed by atoms with Crippen LogP contribution in [-0.2, 0) is 9.84 Å². The van der Waals surface area contributed by atoms with Crippen LogP contribution < -0.4 is 5.32 Å². The molecule has 0 bridgehead atoms. The molecular weight excluding hydrogens is 240 g/mol. The lowest BCUT2D eigenvalue weighted by Crippen LogP contribution is -2.60. The Balaban J connectivity index is 2.03. The summed E-state index contributed by atoms with van der Waals surface area (Å²) in [6, 6.07) is 0.152. The zero-order chi connectivity index (χ0) is 12.5. The number of rotatable bonds is 3. The van der Waals surface area contributed by atoms with Crippen LogP contribution in [-0.4, -0.2) is 68.3 Å². The molecule has 0 aromatic heterocycles. The lowest BCUT2D eigenvalue weighted by Gasteiger charge is -2.43. The molecule has 2 N–H and O–H groups in total. The summed E-state index contributed by atoms with van der Waals surface area (Å²) in [5.74, 6) is 0.609. The van der Waals surface area contributed by atoms with E-state index in [1.54, 1.807) is 0 Å². The number of aliphatic hydroxyl groups is 1. The first-order chi connectivity index (χ1) is 8.00. The van der Waals surface area contributed by atoms with Crippen molar-refractivity contribution in [3.8, 4) is 0 Å². The van der Waals surface area contributed by atoms with E-state index in [0.717, 1.165) is 32.4 Å². The van der Waals surface area contributed by atoms with Crippen molar-refractivity contribution >= 4 is 9.84 Å². The van der Waals surface area contributed by atoms with Gasteiger partial charge in [0.05, 0.1) is 23.7 Å². The van der Waals surface area contributed by atoms with Crippen LogP contribution in [0.25, 0.3) is 0 Å². The van der Waals surface area contributed by atoms with E-state index in [4.69, 9.17) is 0 Å². The van der Waals surface area contributed by atoms with Crippen LogP contribution >= 0.6 is 0 Å². The molecule has 0 aromatic rings. The molecule has 0 spiro atoms. The molecule has 2 fully saturated rings. The lowest BCUT2D eigenvalue weighted by molar-refractivity contribution is 0.0545. The summed E-state index contributed by atoms with van der Waals surface area (Å²) in [5.41, 5.74) is -0.245. The second-order valence-corrected chi connectivity index (χ2v) is 7.55. The van der Waals surface area contributed by atoms with Gasteiger partial charge in [-0.15, -0.1) is 0 Å². The molecule has 2 heterocycles. The van der Waals surface area contributed by atoms with Gasteiger partial charge in [-0.2, -0.15) is 0 Å². The Bertz CT molecular complexity index is 365. The third-order valence-corrected chi connectivity index (χ3v) is 5.91. The molecule has 100 valence electrons. The quantitative estimate of drug-likeness (QED) is 0.698. The van der Waals surface area contributed by atoms with Crippen molar-refractivity contribution in [2.75, 3.05) is 38.2 Å². The molecule has 17 heavy (non-hydrogen) atoms. The maximum Gasteiger partial charge on any atom is 0.151 e. The van der Waals surface area contributed by atoms with Gasteiger partial charge in [-0.3, -0.25) is 4.90 Å². The molecule has 6 heteroatoms. The van der Waals surface area contributed by atoms with Gasteiger partial charge >= 0.3 is 0 Å². The largest absolute Gasteiger partial charge is 0.394 e. The minimum Gasteiger partial charge on any atom is -0.394 e. The highest BCUT2D eigenvalue weighted by atomic mass is 32.2. The van der Waals surface area contributed by atoms with Crippen molar-refractivity contribution in [2.24, 2.45) is 0 Å². The van der Waals surface area contributed by atoms with E-state index < -0.39 is 9.84 Å². The monoisotopic (exact) mass is 262 g/mol. The van der Waals surface area contributed by atoms with Crippen molar-refractivity contribution in [3.05, 3.63) is 0 Å².